The molecule has 4 heteroatoms. The maximum absolute atomic E-state index is 12.2. The first kappa shape index (κ1) is 13.6. The summed E-state index contributed by atoms with van der Waals surface area (Å²) in [6.45, 7) is 3.91. The summed E-state index contributed by atoms with van der Waals surface area (Å²) in [5.41, 5.74) is -0.430. The number of aliphatic hydroxyl groups excluding tert-OH is 1. The van der Waals surface area contributed by atoms with Crippen molar-refractivity contribution in [2.24, 2.45) is 11.8 Å². The lowest BCUT2D eigenvalue weighted by atomic mass is 9.95. The van der Waals surface area contributed by atoms with Crippen molar-refractivity contribution < 1.29 is 9.90 Å². The third-order valence-electron chi connectivity index (χ3n) is 3.75. The van der Waals surface area contributed by atoms with Crippen LogP contribution in [0.4, 0.5) is 0 Å². The zero-order valence-corrected chi connectivity index (χ0v) is 11.8. The van der Waals surface area contributed by atoms with Gasteiger partial charge in [-0.3, -0.25) is 4.79 Å². The van der Waals surface area contributed by atoms with Gasteiger partial charge in [-0.1, -0.05) is 13.0 Å². The number of carbonyl (C=O) groups is 1. The first-order valence-corrected chi connectivity index (χ1v) is 7.38. The molecule has 0 radical (unpaired) electrons. The monoisotopic (exact) mass is 267 g/mol. The van der Waals surface area contributed by atoms with Gasteiger partial charge in [0.25, 0.3) is 0 Å². The molecule has 2 rings (SSSR count). The minimum atomic E-state index is -0.430. The Morgan fingerprint density at radius 3 is 2.89 bits per heavy atom. The van der Waals surface area contributed by atoms with Crippen molar-refractivity contribution in [3.63, 3.8) is 0 Å². The normalized spacial score (nSPS) is 20.2. The van der Waals surface area contributed by atoms with Gasteiger partial charge in [-0.2, -0.15) is 0 Å². The fourth-order valence-corrected chi connectivity index (χ4v) is 3.05. The van der Waals surface area contributed by atoms with Crippen molar-refractivity contribution in [2.75, 3.05) is 6.61 Å². The molecule has 0 aromatic carbocycles. The summed E-state index contributed by atoms with van der Waals surface area (Å²) in [6.07, 6.45) is 2.99. The van der Waals surface area contributed by atoms with Gasteiger partial charge in [0, 0.05) is 10.8 Å². The quantitative estimate of drug-likeness (QED) is 0.830. The Bertz CT molecular complexity index is 400. The highest BCUT2D eigenvalue weighted by Gasteiger charge is 2.42. The molecular weight excluding hydrogens is 246 g/mol. The second-order valence-electron chi connectivity index (χ2n) is 5.52. The average Bonchev–Trinajstić information content (AvgIpc) is 3.09. The first-order chi connectivity index (χ1) is 8.55. The zero-order chi connectivity index (χ0) is 13.2. The number of thiophene rings is 1. The highest BCUT2D eigenvalue weighted by Crippen LogP contribution is 2.39. The lowest BCUT2D eigenvalue weighted by molar-refractivity contribution is -0.127. The van der Waals surface area contributed by atoms with E-state index in [1.54, 1.807) is 11.3 Å². The molecule has 2 atom stereocenters. The van der Waals surface area contributed by atoms with Crippen LogP contribution < -0.4 is 5.32 Å². The first-order valence-electron chi connectivity index (χ1n) is 6.50. The average molecular weight is 267 g/mol. The fraction of sp³-hybridized carbons (Fsp3) is 0.643. The SMILES string of the molecule is CC(Cc1cccs1)C(=O)NC(C)(CO)C1CC1. The Morgan fingerprint density at radius 2 is 2.39 bits per heavy atom. The summed E-state index contributed by atoms with van der Waals surface area (Å²) >= 11 is 1.68. The molecule has 0 bridgehead atoms. The van der Waals surface area contributed by atoms with Crippen LogP contribution in [0, 0.1) is 11.8 Å². The van der Waals surface area contributed by atoms with Crippen LogP contribution in [0.5, 0.6) is 0 Å². The summed E-state index contributed by atoms with van der Waals surface area (Å²) in [4.78, 5) is 13.4. The molecule has 2 unspecified atom stereocenters. The van der Waals surface area contributed by atoms with Crippen LogP contribution in [-0.2, 0) is 11.2 Å². The van der Waals surface area contributed by atoms with E-state index < -0.39 is 5.54 Å². The van der Waals surface area contributed by atoms with Crippen molar-refractivity contribution in [2.45, 2.75) is 38.6 Å². The molecule has 1 aromatic rings. The summed E-state index contributed by atoms with van der Waals surface area (Å²) in [5.74, 6) is 0.445. The van der Waals surface area contributed by atoms with Gasteiger partial charge in [-0.15, -0.1) is 11.3 Å². The minimum Gasteiger partial charge on any atom is -0.394 e. The molecule has 100 valence electrons. The fourth-order valence-electron chi connectivity index (χ4n) is 2.22. The van der Waals surface area contributed by atoms with E-state index in [0.717, 1.165) is 19.3 Å². The van der Waals surface area contributed by atoms with Crippen molar-refractivity contribution in [3.8, 4) is 0 Å². The molecule has 1 saturated carbocycles. The summed E-state index contributed by atoms with van der Waals surface area (Å²) in [6, 6.07) is 4.06. The molecule has 1 heterocycles. The molecule has 0 spiro atoms. The number of hydrogen-bond donors (Lipinski definition) is 2. The van der Waals surface area contributed by atoms with Gasteiger partial charge in [0.1, 0.15) is 0 Å². The van der Waals surface area contributed by atoms with Gasteiger partial charge in [0.05, 0.1) is 12.1 Å². The van der Waals surface area contributed by atoms with E-state index in [-0.39, 0.29) is 18.4 Å². The molecule has 1 fully saturated rings. The Labute approximate surface area is 112 Å². The minimum absolute atomic E-state index is 0.0229. The predicted octanol–water partition coefficient (Wildman–Crippen LogP) is 2.20. The zero-order valence-electron chi connectivity index (χ0n) is 11.0. The second-order valence-corrected chi connectivity index (χ2v) is 6.56. The highest BCUT2D eigenvalue weighted by atomic mass is 32.1. The molecule has 1 aliphatic rings. The van der Waals surface area contributed by atoms with Gasteiger partial charge >= 0.3 is 0 Å². The van der Waals surface area contributed by atoms with Gasteiger partial charge in [-0.25, -0.2) is 0 Å². The van der Waals surface area contributed by atoms with E-state index >= 15 is 0 Å². The topological polar surface area (TPSA) is 49.3 Å². The smallest absolute Gasteiger partial charge is 0.223 e. The van der Waals surface area contributed by atoms with E-state index in [1.807, 2.05) is 25.3 Å². The van der Waals surface area contributed by atoms with Gasteiger partial charge in [0.15, 0.2) is 0 Å². The Balaban J connectivity index is 1.90. The van der Waals surface area contributed by atoms with Crippen molar-refractivity contribution in [3.05, 3.63) is 22.4 Å². The standard InChI is InChI=1S/C14H21NO2S/c1-10(8-12-4-3-7-18-12)13(17)15-14(2,9-16)11-5-6-11/h3-4,7,10-11,16H,5-6,8-9H2,1-2H3,(H,15,17). The van der Waals surface area contributed by atoms with Crippen molar-refractivity contribution >= 4 is 17.2 Å². The maximum atomic E-state index is 12.2. The number of amides is 1. The van der Waals surface area contributed by atoms with Crippen LogP contribution in [0.2, 0.25) is 0 Å². The third kappa shape index (κ3) is 3.12. The molecule has 1 aromatic heterocycles. The van der Waals surface area contributed by atoms with E-state index in [0.29, 0.717) is 5.92 Å². The van der Waals surface area contributed by atoms with Gasteiger partial charge in [-0.05, 0) is 43.6 Å². The number of aliphatic hydroxyl groups is 1. The number of carbonyl (C=O) groups excluding carboxylic acids is 1. The Kier molecular flexibility index (Phi) is 4.07. The Hall–Kier alpha value is -0.870. The van der Waals surface area contributed by atoms with Gasteiger partial charge < -0.3 is 10.4 Å². The second kappa shape index (κ2) is 5.41. The molecular formula is C14H21NO2S. The predicted molar refractivity (Wildman–Crippen MR) is 73.5 cm³/mol. The van der Waals surface area contributed by atoms with Crippen LogP contribution >= 0.6 is 11.3 Å². The Morgan fingerprint density at radius 1 is 1.67 bits per heavy atom. The van der Waals surface area contributed by atoms with Crippen LogP contribution in [0.25, 0.3) is 0 Å². The lowest BCUT2D eigenvalue weighted by Gasteiger charge is -2.30. The molecule has 0 aliphatic heterocycles. The van der Waals surface area contributed by atoms with Crippen molar-refractivity contribution in [1.29, 1.82) is 0 Å². The van der Waals surface area contributed by atoms with Gasteiger partial charge in [0.2, 0.25) is 5.91 Å². The molecule has 1 amide bonds. The number of hydrogen-bond acceptors (Lipinski definition) is 3. The number of rotatable bonds is 6. The lowest BCUT2D eigenvalue weighted by Crippen LogP contribution is -2.52. The third-order valence-corrected chi connectivity index (χ3v) is 4.65. The van der Waals surface area contributed by atoms with Crippen LogP contribution in [0.15, 0.2) is 17.5 Å². The highest BCUT2D eigenvalue weighted by molar-refractivity contribution is 7.09. The van der Waals surface area contributed by atoms with Crippen LogP contribution in [0.3, 0.4) is 0 Å². The van der Waals surface area contributed by atoms with E-state index in [9.17, 15) is 9.90 Å². The molecule has 18 heavy (non-hydrogen) atoms. The molecule has 3 nitrogen and oxygen atoms in total. The summed E-state index contributed by atoms with van der Waals surface area (Å²) < 4.78 is 0. The molecule has 2 N–H and O–H groups in total. The van der Waals surface area contributed by atoms with Crippen LogP contribution in [-0.4, -0.2) is 23.2 Å². The maximum Gasteiger partial charge on any atom is 0.223 e. The van der Waals surface area contributed by atoms with E-state index in [1.165, 1.54) is 4.88 Å². The van der Waals surface area contributed by atoms with E-state index in [2.05, 4.69) is 11.4 Å². The summed E-state index contributed by atoms with van der Waals surface area (Å²) in [5, 5.41) is 14.5. The summed E-state index contributed by atoms with van der Waals surface area (Å²) in [7, 11) is 0. The largest absolute Gasteiger partial charge is 0.394 e. The molecule has 1 aliphatic carbocycles. The molecule has 0 saturated heterocycles. The van der Waals surface area contributed by atoms with E-state index in [4.69, 9.17) is 0 Å². The van der Waals surface area contributed by atoms with Crippen molar-refractivity contribution in [1.82, 2.24) is 5.32 Å². The van der Waals surface area contributed by atoms with Crippen LogP contribution in [0.1, 0.15) is 31.6 Å². The number of nitrogens with one attached hydrogen (secondary N) is 1.